The lowest BCUT2D eigenvalue weighted by Gasteiger charge is -2.16. The van der Waals surface area contributed by atoms with Crippen molar-refractivity contribution in [1.82, 2.24) is 29.5 Å². The molecule has 140 valence electrons. The van der Waals surface area contributed by atoms with Crippen molar-refractivity contribution < 1.29 is 0 Å². The fourth-order valence-electron chi connectivity index (χ4n) is 3.32. The van der Waals surface area contributed by atoms with Gasteiger partial charge in [0, 0.05) is 5.69 Å². The van der Waals surface area contributed by atoms with Crippen LogP contribution in [-0.4, -0.2) is 29.5 Å². The Morgan fingerprint density at radius 2 is 1.93 bits per heavy atom. The Balaban J connectivity index is 1.70. The van der Waals surface area contributed by atoms with Gasteiger partial charge in [-0.15, -0.1) is 6.42 Å². The number of nitrogens with zero attached hydrogens (tertiary/aromatic N) is 5. The van der Waals surface area contributed by atoms with Crippen molar-refractivity contribution in [2.45, 2.75) is 6.04 Å². The lowest BCUT2D eigenvalue weighted by molar-refractivity contribution is 0.849. The molecule has 0 saturated heterocycles. The fraction of sp³-hybridized carbons (Fsp3) is 0.0476. The first-order valence-corrected chi connectivity index (χ1v) is 9.23. The second kappa shape index (κ2) is 6.93. The van der Waals surface area contributed by atoms with Crippen LogP contribution in [-0.2, 0) is 0 Å². The maximum atomic E-state index is 6.42. The topological polar surface area (TPSA) is 84.3 Å². The van der Waals surface area contributed by atoms with Crippen molar-refractivity contribution in [2.75, 3.05) is 5.32 Å². The van der Waals surface area contributed by atoms with Crippen LogP contribution >= 0.6 is 11.6 Å². The van der Waals surface area contributed by atoms with Crippen molar-refractivity contribution in [2.24, 2.45) is 0 Å². The van der Waals surface area contributed by atoms with Crippen molar-refractivity contribution in [3.05, 3.63) is 72.0 Å². The molecule has 0 bridgehead atoms. The summed E-state index contributed by atoms with van der Waals surface area (Å²) >= 11 is 6.42. The van der Waals surface area contributed by atoms with Gasteiger partial charge in [-0.3, -0.25) is 4.57 Å². The number of benzene rings is 2. The molecule has 5 rings (SSSR count). The van der Waals surface area contributed by atoms with Crippen LogP contribution in [0.3, 0.4) is 0 Å². The van der Waals surface area contributed by atoms with Gasteiger partial charge >= 0.3 is 0 Å². The van der Waals surface area contributed by atoms with Crippen molar-refractivity contribution >= 4 is 39.6 Å². The van der Waals surface area contributed by atoms with Crippen LogP contribution < -0.4 is 5.32 Å². The van der Waals surface area contributed by atoms with E-state index in [0.717, 1.165) is 11.2 Å². The molecule has 2 N–H and O–H groups in total. The molecule has 0 aliphatic carbocycles. The van der Waals surface area contributed by atoms with E-state index in [4.69, 9.17) is 23.0 Å². The van der Waals surface area contributed by atoms with Crippen LogP contribution in [0.2, 0.25) is 5.02 Å². The zero-order valence-electron chi connectivity index (χ0n) is 15.0. The first-order chi connectivity index (χ1) is 14.3. The van der Waals surface area contributed by atoms with Crippen LogP contribution in [0.25, 0.3) is 27.9 Å². The third kappa shape index (κ3) is 2.87. The molecular formula is C21H14ClN7. The van der Waals surface area contributed by atoms with E-state index in [1.54, 1.807) is 6.33 Å². The summed E-state index contributed by atoms with van der Waals surface area (Å²) in [5.41, 5.74) is 3.72. The van der Waals surface area contributed by atoms with Crippen molar-refractivity contribution in [3.63, 3.8) is 0 Å². The third-order valence-corrected chi connectivity index (χ3v) is 4.91. The number of aromatic nitrogens is 6. The Morgan fingerprint density at radius 3 is 2.76 bits per heavy atom. The highest BCUT2D eigenvalue weighted by Crippen LogP contribution is 2.31. The normalized spacial score (nSPS) is 12.1. The number of imidazole rings is 2. The van der Waals surface area contributed by atoms with Crippen molar-refractivity contribution in [3.8, 4) is 18.0 Å². The minimum Gasteiger partial charge on any atom is -0.348 e. The van der Waals surface area contributed by atoms with E-state index in [9.17, 15) is 0 Å². The number of para-hydroxylation sites is 2. The lowest BCUT2D eigenvalue weighted by atomic mass is 10.2. The number of nitrogens with one attached hydrogen (secondary N) is 2. The highest BCUT2D eigenvalue weighted by Gasteiger charge is 2.22. The van der Waals surface area contributed by atoms with Crippen LogP contribution in [0.15, 0.2) is 61.2 Å². The molecule has 0 amide bonds. The first-order valence-electron chi connectivity index (χ1n) is 8.85. The molecule has 0 saturated carbocycles. The standard InChI is InChI=1S/C21H14ClN7/c1-2-15(27-20-18-19(24-11-23-18)25-12-26-20)21-28-17-14(22)9-6-10-16(17)29(21)13-7-4-3-5-8-13/h1,3-12,15H,(H2,23,24,25,26,27)/t15-/m0/s1. The van der Waals surface area contributed by atoms with E-state index in [0.29, 0.717) is 33.3 Å². The molecule has 0 aliphatic heterocycles. The predicted octanol–water partition coefficient (Wildman–Crippen LogP) is 4.13. The van der Waals surface area contributed by atoms with Crippen LogP contribution in [0.1, 0.15) is 11.9 Å². The molecule has 0 spiro atoms. The number of hydrogen-bond acceptors (Lipinski definition) is 5. The van der Waals surface area contributed by atoms with Gasteiger partial charge < -0.3 is 10.3 Å². The molecule has 5 aromatic rings. The summed E-state index contributed by atoms with van der Waals surface area (Å²) in [7, 11) is 0. The summed E-state index contributed by atoms with van der Waals surface area (Å²) in [6.45, 7) is 0. The molecule has 0 aliphatic rings. The molecule has 8 heteroatoms. The number of H-pyrrole nitrogens is 1. The van der Waals surface area contributed by atoms with Gasteiger partial charge in [-0.05, 0) is 24.3 Å². The molecule has 0 radical (unpaired) electrons. The van der Waals surface area contributed by atoms with E-state index >= 15 is 0 Å². The quantitative estimate of drug-likeness (QED) is 0.444. The maximum absolute atomic E-state index is 6.42. The van der Waals surface area contributed by atoms with E-state index in [2.05, 4.69) is 31.2 Å². The van der Waals surface area contributed by atoms with Crippen LogP contribution in [0.4, 0.5) is 5.82 Å². The smallest absolute Gasteiger partial charge is 0.182 e. The van der Waals surface area contributed by atoms with Gasteiger partial charge in [-0.2, -0.15) is 0 Å². The molecular weight excluding hydrogens is 386 g/mol. The summed E-state index contributed by atoms with van der Waals surface area (Å²) in [5.74, 6) is 3.96. The SMILES string of the molecule is C#C[C@H](Nc1ncnc2nc[nH]c12)c1nc2c(Cl)cccc2n1-c1ccccc1. The third-order valence-electron chi connectivity index (χ3n) is 4.61. The monoisotopic (exact) mass is 399 g/mol. The first kappa shape index (κ1) is 17.2. The predicted molar refractivity (Wildman–Crippen MR) is 113 cm³/mol. The maximum Gasteiger partial charge on any atom is 0.182 e. The Bertz CT molecular complexity index is 1360. The Labute approximate surface area is 170 Å². The van der Waals surface area contributed by atoms with Gasteiger partial charge in [-0.25, -0.2) is 19.9 Å². The zero-order chi connectivity index (χ0) is 19.8. The highest BCUT2D eigenvalue weighted by molar-refractivity contribution is 6.35. The van der Waals surface area contributed by atoms with Gasteiger partial charge in [0.15, 0.2) is 11.5 Å². The summed E-state index contributed by atoms with van der Waals surface area (Å²) in [4.78, 5) is 20.4. The fourth-order valence-corrected chi connectivity index (χ4v) is 3.53. The van der Waals surface area contributed by atoms with Gasteiger partial charge in [0.2, 0.25) is 0 Å². The molecule has 7 nitrogen and oxygen atoms in total. The average Bonchev–Trinajstić information content (AvgIpc) is 3.38. The molecule has 3 aromatic heterocycles. The van der Waals surface area contributed by atoms with Crippen LogP contribution in [0.5, 0.6) is 0 Å². The molecule has 0 fully saturated rings. The summed E-state index contributed by atoms with van der Waals surface area (Å²) < 4.78 is 2.00. The minimum absolute atomic E-state index is 0.549. The number of anilines is 1. The van der Waals surface area contributed by atoms with Gasteiger partial charge in [0.25, 0.3) is 0 Å². The van der Waals surface area contributed by atoms with Crippen LogP contribution in [0, 0.1) is 12.3 Å². The van der Waals surface area contributed by atoms with Crippen molar-refractivity contribution in [1.29, 1.82) is 0 Å². The van der Waals surface area contributed by atoms with Gasteiger partial charge in [0.05, 0.1) is 16.9 Å². The molecule has 3 heterocycles. The number of aromatic amines is 1. The largest absolute Gasteiger partial charge is 0.348 e. The average molecular weight is 400 g/mol. The Hall–Kier alpha value is -3.89. The summed E-state index contributed by atoms with van der Waals surface area (Å²) in [5, 5.41) is 3.84. The Kier molecular flexibility index (Phi) is 4.12. The number of halogens is 1. The summed E-state index contributed by atoms with van der Waals surface area (Å²) in [6, 6.07) is 15.0. The second-order valence-electron chi connectivity index (χ2n) is 6.32. The van der Waals surface area contributed by atoms with E-state index in [-0.39, 0.29) is 0 Å². The second-order valence-corrected chi connectivity index (χ2v) is 6.72. The molecule has 1 atom stereocenters. The van der Waals surface area contributed by atoms with E-state index in [1.165, 1.54) is 6.33 Å². The van der Waals surface area contributed by atoms with E-state index < -0.39 is 6.04 Å². The molecule has 2 aromatic carbocycles. The number of rotatable bonds is 4. The summed E-state index contributed by atoms with van der Waals surface area (Å²) in [6.07, 6.45) is 8.92. The van der Waals surface area contributed by atoms with E-state index in [1.807, 2.05) is 53.1 Å². The van der Waals surface area contributed by atoms with Gasteiger partial charge in [-0.1, -0.05) is 41.8 Å². The number of hydrogen-bond donors (Lipinski definition) is 2. The lowest BCUT2D eigenvalue weighted by Crippen LogP contribution is -2.15. The number of fused-ring (bicyclic) bond motifs is 2. The number of terminal acetylenes is 1. The zero-order valence-corrected chi connectivity index (χ0v) is 15.8. The van der Waals surface area contributed by atoms with Gasteiger partial charge in [0.1, 0.15) is 29.2 Å². The minimum atomic E-state index is -0.569. The Morgan fingerprint density at radius 1 is 1.07 bits per heavy atom. The molecule has 0 unspecified atom stereocenters. The molecule has 29 heavy (non-hydrogen) atoms. The highest BCUT2D eigenvalue weighted by atomic mass is 35.5.